The fourth-order valence-corrected chi connectivity index (χ4v) is 2.22. The van der Waals surface area contributed by atoms with Gasteiger partial charge in [-0.15, -0.1) is 0 Å². The summed E-state index contributed by atoms with van der Waals surface area (Å²) in [7, 11) is 1.55. The first-order valence-electron chi connectivity index (χ1n) is 6.11. The zero-order chi connectivity index (χ0) is 13.8. The molecule has 0 radical (unpaired) electrons. The molecule has 1 N–H and O–H groups in total. The van der Waals surface area contributed by atoms with Crippen molar-refractivity contribution in [2.75, 3.05) is 7.11 Å². The van der Waals surface area contributed by atoms with E-state index in [1.165, 1.54) is 0 Å². The summed E-state index contributed by atoms with van der Waals surface area (Å²) >= 11 is 0. The summed E-state index contributed by atoms with van der Waals surface area (Å²) < 4.78 is 5.31. The summed E-state index contributed by atoms with van der Waals surface area (Å²) in [6.07, 6.45) is 0.780. The van der Waals surface area contributed by atoms with E-state index in [-0.39, 0.29) is 5.75 Å². The second-order valence-electron chi connectivity index (χ2n) is 4.16. The Morgan fingerprint density at radius 2 is 1.89 bits per heavy atom. The van der Waals surface area contributed by atoms with Gasteiger partial charge in [0, 0.05) is 5.56 Å². The van der Waals surface area contributed by atoms with E-state index in [1.807, 2.05) is 19.1 Å². The number of methoxy groups -OCH3 is 1. The molecule has 0 saturated carbocycles. The molecule has 0 atom stereocenters. The Morgan fingerprint density at radius 1 is 1.16 bits per heavy atom. The molecule has 0 saturated heterocycles. The van der Waals surface area contributed by atoms with Crippen molar-refractivity contribution in [3.8, 4) is 28.7 Å². The highest BCUT2D eigenvalue weighted by atomic mass is 16.5. The van der Waals surface area contributed by atoms with Crippen molar-refractivity contribution in [3.63, 3.8) is 0 Å². The second-order valence-corrected chi connectivity index (χ2v) is 4.16. The number of aromatic hydroxyl groups is 1. The normalized spacial score (nSPS) is 9.95. The number of hydrogen-bond donors (Lipinski definition) is 1. The van der Waals surface area contributed by atoms with E-state index >= 15 is 0 Å². The van der Waals surface area contributed by atoms with Gasteiger partial charge in [0.25, 0.3) is 0 Å². The van der Waals surface area contributed by atoms with E-state index < -0.39 is 0 Å². The lowest BCUT2D eigenvalue weighted by Gasteiger charge is -2.15. The monoisotopic (exact) mass is 253 g/mol. The van der Waals surface area contributed by atoms with Crippen LogP contribution in [0.25, 0.3) is 11.1 Å². The Kier molecular flexibility index (Phi) is 3.72. The summed E-state index contributed by atoms with van der Waals surface area (Å²) in [5.74, 6) is 0.689. The van der Waals surface area contributed by atoms with E-state index in [0.717, 1.165) is 17.5 Å². The van der Waals surface area contributed by atoms with E-state index in [9.17, 15) is 10.4 Å². The molecule has 2 aromatic carbocycles. The molecule has 19 heavy (non-hydrogen) atoms. The molecule has 0 aromatic heterocycles. The summed E-state index contributed by atoms with van der Waals surface area (Å²) in [5.41, 5.74) is 2.89. The molecule has 96 valence electrons. The maximum Gasteiger partial charge on any atom is 0.130 e. The molecule has 0 fully saturated rings. The first-order valence-corrected chi connectivity index (χ1v) is 6.11. The van der Waals surface area contributed by atoms with Crippen LogP contribution in [0.5, 0.6) is 11.5 Å². The van der Waals surface area contributed by atoms with Crippen molar-refractivity contribution in [2.45, 2.75) is 13.3 Å². The predicted octanol–water partition coefficient (Wildman–Crippen LogP) is 3.50. The van der Waals surface area contributed by atoms with Crippen LogP contribution >= 0.6 is 0 Å². The van der Waals surface area contributed by atoms with Gasteiger partial charge >= 0.3 is 0 Å². The van der Waals surface area contributed by atoms with Gasteiger partial charge in [0.1, 0.15) is 11.5 Å². The fourth-order valence-electron chi connectivity index (χ4n) is 2.22. The molecule has 0 spiro atoms. The van der Waals surface area contributed by atoms with Crippen molar-refractivity contribution < 1.29 is 9.84 Å². The number of benzene rings is 2. The van der Waals surface area contributed by atoms with Crippen LogP contribution in [-0.2, 0) is 6.42 Å². The molecule has 3 nitrogen and oxygen atoms in total. The van der Waals surface area contributed by atoms with E-state index in [1.54, 1.807) is 31.4 Å². The summed E-state index contributed by atoms with van der Waals surface area (Å²) in [5, 5.41) is 19.4. The third-order valence-electron chi connectivity index (χ3n) is 3.13. The molecule has 0 aliphatic rings. The maximum absolute atomic E-state index is 10.1. The smallest absolute Gasteiger partial charge is 0.130 e. The minimum Gasteiger partial charge on any atom is -0.507 e. The number of hydrogen-bond acceptors (Lipinski definition) is 3. The number of aryl methyl sites for hydroxylation is 1. The third-order valence-corrected chi connectivity index (χ3v) is 3.13. The number of nitrogens with zero attached hydrogens (tertiary/aromatic N) is 1. The molecular weight excluding hydrogens is 238 g/mol. The highest BCUT2D eigenvalue weighted by molar-refractivity contribution is 5.83. The van der Waals surface area contributed by atoms with Gasteiger partial charge < -0.3 is 9.84 Å². The molecule has 0 bridgehead atoms. The Hall–Kier alpha value is -2.47. The van der Waals surface area contributed by atoms with Crippen molar-refractivity contribution in [1.29, 1.82) is 5.26 Å². The van der Waals surface area contributed by atoms with Crippen LogP contribution in [0.2, 0.25) is 0 Å². The molecular formula is C16H15NO2. The van der Waals surface area contributed by atoms with E-state index in [4.69, 9.17) is 4.74 Å². The Labute approximate surface area is 112 Å². The number of rotatable bonds is 3. The average Bonchev–Trinajstić information content (AvgIpc) is 2.46. The second kappa shape index (κ2) is 5.45. The maximum atomic E-state index is 10.1. The third kappa shape index (κ3) is 2.25. The van der Waals surface area contributed by atoms with Crippen LogP contribution < -0.4 is 4.74 Å². The number of nitriles is 1. The lowest BCUT2D eigenvalue weighted by molar-refractivity contribution is 0.410. The van der Waals surface area contributed by atoms with Crippen LogP contribution in [0.3, 0.4) is 0 Å². The highest BCUT2D eigenvalue weighted by Gasteiger charge is 2.17. The summed E-state index contributed by atoms with van der Waals surface area (Å²) in [6, 6.07) is 12.8. The van der Waals surface area contributed by atoms with Crippen LogP contribution in [0.4, 0.5) is 0 Å². The van der Waals surface area contributed by atoms with Gasteiger partial charge in [-0.3, -0.25) is 0 Å². The summed E-state index contributed by atoms with van der Waals surface area (Å²) in [6.45, 7) is 2.02. The van der Waals surface area contributed by atoms with E-state index in [0.29, 0.717) is 16.9 Å². The van der Waals surface area contributed by atoms with Crippen LogP contribution in [0.15, 0.2) is 36.4 Å². The minimum absolute atomic E-state index is 0.122. The first kappa shape index (κ1) is 13.0. The van der Waals surface area contributed by atoms with Gasteiger partial charge in [-0.25, -0.2) is 0 Å². The zero-order valence-corrected chi connectivity index (χ0v) is 11.0. The topological polar surface area (TPSA) is 53.2 Å². The van der Waals surface area contributed by atoms with Crippen LogP contribution in [-0.4, -0.2) is 12.2 Å². The van der Waals surface area contributed by atoms with Crippen molar-refractivity contribution >= 4 is 0 Å². The molecule has 0 amide bonds. The highest BCUT2D eigenvalue weighted by Crippen LogP contribution is 2.41. The van der Waals surface area contributed by atoms with Gasteiger partial charge in [0.05, 0.1) is 24.3 Å². The number of phenolic OH excluding ortho intramolecular Hbond substituents is 1. The van der Waals surface area contributed by atoms with Gasteiger partial charge in [0.15, 0.2) is 0 Å². The van der Waals surface area contributed by atoms with Crippen molar-refractivity contribution in [3.05, 3.63) is 47.5 Å². The van der Waals surface area contributed by atoms with Gasteiger partial charge in [0.2, 0.25) is 0 Å². The largest absolute Gasteiger partial charge is 0.507 e. The van der Waals surface area contributed by atoms with Crippen LogP contribution in [0.1, 0.15) is 18.1 Å². The first-order chi connectivity index (χ1) is 9.22. The van der Waals surface area contributed by atoms with Gasteiger partial charge in [-0.1, -0.05) is 25.1 Å². The predicted molar refractivity (Wildman–Crippen MR) is 74.2 cm³/mol. The van der Waals surface area contributed by atoms with Gasteiger partial charge in [-0.05, 0) is 30.2 Å². The zero-order valence-electron chi connectivity index (χ0n) is 11.0. The molecule has 0 aliphatic carbocycles. The van der Waals surface area contributed by atoms with Crippen molar-refractivity contribution in [1.82, 2.24) is 0 Å². The molecule has 0 heterocycles. The number of ether oxygens (including phenoxy) is 1. The SMILES string of the molecule is CCc1cccc(C#N)c1-c1c(O)cccc1OC. The lowest BCUT2D eigenvalue weighted by Crippen LogP contribution is -1.95. The lowest BCUT2D eigenvalue weighted by atomic mass is 9.92. The Balaban J connectivity index is 2.82. The fraction of sp³-hybridized carbons (Fsp3) is 0.188. The van der Waals surface area contributed by atoms with E-state index in [2.05, 4.69) is 6.07 Å². The molecule has 2 aromatic rings. The molecule has 0 unspecified atom stereocenters. The average molecular weight is 253 g/mol. The minimum atomic E-state index is 0.122. The summed E-state index contributed by atoms with van der Waals surface area (Å²) in [4.78, 5) is 0. The molecule has 0 aliphatic heterocycles. The Bertz CT molecular complexity index is 642. The standard InChI is InChI=1S/C16H15NO2/c1-3-11-6-4-7-12(10-17)15(11)16-13(18)8-5-9-14(16)19-2/h4-9,18H,3H2,1-2H3. The molecule has 3 heteroatoms. The van der Waals surface area contributed by atoms with Crippen molar-refractivity contribution in [2.24, 2.45) is 0 Å². The van der Waals surface area contributed by atoms with Crippen LogP contribution in [0, 0.1) is 11.3 Å². The number of phenols is 1. The molecule has 2 rings (SSSR count). The van der Waals surface area contributed by atoms with Gasteiger partial charge in [-0.2, -0.15) is 5.26 Å². The Morgan fingerprint density at radius 3 is 2.53 bits per heavy atom. The quantitative estimate of drug-likeness (QED) is 0.910.